The second-order valence-electron chi connectivity index (χ2n) is 9.35. The smallest absolute Gasteiger partial charge is 0.254 e. The summed E-state index contributed by atoms with van der Waals surface area (Å²) in [7, 11) is 2.26. The molecule has 0 aromatic heterocycles. The van der Waals surface area contributed by atoms with Gasteiger partial charge in [0.05, 0.1) is 0 Å². The molecule has 2 aliphatic rings. The summed E-state index contributed by atoms with van der Waals surface area (Å²) in [6.07, 6.45) is 5.62. The monoisotopic (exact) mass is 424 g/mol. The van der Waals surface area contributed by atoms with Gasteiger partial charge in [-0.3, -0.25) is 4.79 Å². The van der Waals surface area contributed by atoms with Gasteiger partial charge in [0, 0.05) is 30.2 Å². The van der Waals surface area contributed by atoms with Crippen LogP contribution in [-0.2, 0) is 6.42 Å². The van der Waals surface area contributed by atoms with Crippen LogP contribution in [-0.4, -0.2) is 47.4 Å². The molecule has 2 aliphatic heterocycles. The van der Waals surface area contributed by atoms with Crippen molar-refractivity contribution < 1.29 is 4.79 Å². The lowest BCUT2D eigenvalue weighted by Gasteiger charge is -2.42. The zero-order valence-electron chi connectivity index (χ0n) is 18.9. The molecule has 3 aromatic carbocycles. The minimum Gasteiger partial charge on any atom is -0.335 e. The lowest BCUT2D eigenvalue weighted by molar-refractivity contribution is 0.0488. The molecule has 2 bridgehead atoms. The van der Waals surface area contributed by atoms with Crippen LogP contribution >= 0.6 is 0 Å². The molecule has 2 atom stereocenters. The number of benzene rings is 3. The number of amides is 1. The zero-order chi connectivity index (χ0) is 21.9. The van der Waals surface area contributed by atoms with Gasteiger partial charge in [-0.1, -0.05) is 72.8 Å². The summed E-state index contributed by atoms with van der Waals surface area (Å²) in [5.41, 5.74) is 4.42. The van der Waals surface area contributed by atoms with E-state index in [0.717, 1.165) is 36.9 Å². The van der Waals surface area contributed by atoms with E-state index in [4.69, 9.17) is 0 Å². The number of hydrogen-bond acceptors (Lipinski definition) is 2. The number of hydrogen-bond donors (Lipinski definition) is 0. The van der Waals surface area contributed by atoms with Crippen LogP contribution in [0.1, 0.15) is 41.6 Å². The topological polar surface area (TPSA) is 23.6 Å². The second-order valence-corrected chi connectivity index (χ2v) is 9.35. The number of nitrogens with zero attached hydrogens (tertiary/aromatic N) is 2. The summed E-state index contributed by atoms with van der Waals surface area (Å²) in [6, 6.07) is 30.6. The average molecular weight is 425 g/mol. The van der Waals surface area contributed by atoms with Crippen molar-refractivity contribution in [3.8, 4) is 11.1 Å². The van der Waals surface area contributed by atoms with Crippen molar-refractivity contribution in [1.29, 1.82) is 0 Å². The van der Waals surface area contributed by atoms with Gasteiger partial charge < -0.3 is 9.80 Å². The lowest BCUT2D eigenvalue weighted by atomic mass is 9.95. The molecule has 3 nitrogen and oxygen atoms in total. The molecule has 2 saturated heterocycles. The van der Waals surface area contributed by atoms with Gasteiger partial charge in [-0.15, -0.1) is 0 Å². The van der Waals surface area contributed by atoms with Crippen LogP contribution in [0.3, 0.4) is 0 Å². The molecule has 2 fully saturated rings. The maximum Gasteiger partial charge on any atom is 0.254 e. The van der Waals surface area contributed by atoms with E-state index in [2.05, 4.69) is 71.4 Å². The van der Waals surface area contributed by atoms with E-state index in [-0.39, 0.29) is 5.91 Å². The molecular weight excluding hydrogens is 392 g/mol. The number of carbonyl (C=O) groups excluding carboxylic acids is 1. The molecule has 0 N–H and O–H groups in total. The van der Waals surface area contributed by atoms with Gasteiger partial charge in [0.1, 0.15) is 0 Å². The van der Waals surface area contributed by atoms with E-state index in [9.17, 15) is 4.79 Å². The van der Waals surface area contributed by atoms with Gasteiger partial charge in [-0.25, -0.2) is 0 Å². The van der Waals surface area contributed by atoms with Crippen molar-refractivity contribution in [2.75, 3.05) is 13.6 Å². The Bertz CT molecular complexity index is 1020. The molecule has 0 saturated carbocycles. The summed E-state index contributed by atoms with van der Waals surface area (Å²) < 4.78 is 0. The molecule has 0 radical (unpaired) electrons. The summed E-state index contributed by atoms with van der Waals surface area (Å²) in [4.78, 5) is 18.5. The third-order valence-electron chi connectivity index (χ3n) is 7.50. The summed E-state index contributed by atoms with van der Waals surface area (Å²) in [5.74, 6) is 0.175. The molecule has 3 aromatic rings. The number of piperidine rings is 1. The predicted octanol–water partition coefficient (Wildman–Crippen LogP) is 5.66. The molecule has 3 heteroatoms. The van der Waals surface area contributed by atoms with Gasteiger partial charge in [0.15, 0.2) is 0 Å². The van der Waals surface area contributed by atoms with Crippen LogP contribution in [0.25, 0.3) is 11.1 Å². The predicted molar refractivity (Wildman–Crippen MR) is 131 cm³/mol. The zero-order valence-corrected chi connectivity index (χ0v) is 18.9. The number of fused-ring (bicyclic) bond motifs is 2. The summed E-state index contributed by atoms with van der Waals surface area (Å²) in [5, 5.41) is 0. The second kappa shape index (κ2) is 9.30. The third-order valence-corrected chi connectivity index (χ3v) is 7.50. The van der Waals surface area contributed by atoms with E-state index in [0.29, 0.717) is 18.1 Å². The van der Waals surface area contributed by atoms with Crippen LogP contribution in [0.2, 0.25) is 0 Å². The van der Waals surface area contributed by atoms with Crippen molar-refractivity contribution in [3.63, 3.8) is 0 Å². The average Bonchev–Trinajstić information content (AvgIpc) is 3.05. The molecule has 0 aliphatic carbocycles. The van der Waals surface area contributed by atoms with Crippen molar-refractivity contribution in [1.82, 2.24) is 9.80 Å². The van der Waals surface area contributed by atoms with Crippen LogP contribution in [0.15, 0.2) is 84.9 Å². The molecule has 1 amide bonds. The Balaban J connectivity index is 1.37. The van der Waals surface area contributed by atoms with Crippen LogP contribution in [0.5, 0.6) is 0 Å². The van der Waals surface area contributed by atoms with Crippen molar-refractivity contribution >= 4 is 5.91 Å². The molecule has 164 valence electrons. The van der Waals surface area contributed by atoms with Gasteiger partial charge in [-0.2, -0.15) is 0 Å². The standard InChI is InChI=1S/C29H32N2O/c1-30-26-16-17-27(30)21-28(20-26)31(19-18-22-8-4-2-5-9-22)29(32)25-14-12-24(13-15-25)23-10-6-3-7-11-23/h2-15,26-28H,16-21H2,1H3/t26-,27-/m0/s1. The Morgan fingerprint density at radius 2 is 1.38 bits per heavy atom. The van der Waals surface area contributed by atoms with E-state index >= 15 is 0 Å². The van der Waals surface area contributed by atoms with Crippen molar-refractivity contribution in [2.45, 2.75) is 50.2 Å². The SMILES string of the molecule is CN1[C@H]2CC[C@H]1CC(N(CCc1ccccc1)C(=O)c1ccc(-c3ccccc3)cc1)C2. The Morgan fingerprint density at radius 3 is 2.00 bits per heavy atom. The van der Waals surface area contributed by atoms with Crippen molar-refractivity contribution in [2.24, 2.45) is 0 Å². The molecule has 2 heterocycles. The van der Waals surface area contributed by atoms with E-state index in [1.807, 2.05) is 30.3 Å². The summed E-state index contributed by atoms with van der Waals surface area (Å²) >= 11 is 0. The first-order chi connectivity index (χ1) is 15.7. The Hall–Kier alpha value is -2.91. The highest BCUT2D eigenvalue weighted by molar-refractivity contribution is 5.95. The van der Waals surface area contributed by atoms with Gasteiger partial charge in [-0.05, 0) is 68.0 Å². The lowest BCUT2D eigenvalue weighted by Crippen LogP contribution is -2.51. The molecule has 5 rings (SSSR count). The molecule has 0 spiro atoms. The fourth-order valence-electron chi connectivity index (χ4n) is 5.58. The molecular formula is C29H32N2O. The molecule has 0 unspecified atom stereocenters. The molecule has 32 heavy (non-hydrogen) atoms. The first-order valence-electron chi connectivity index (χ1n) is 11.9. The minimum absolute atomic E-state index is 0.175. The van der Waals surface area contributed by atoms with E-state index < -0.39 is 0 Å². The highest BCUT2D eigenvalue weighted by Gasteiger charge is 2.41. The number of rotatable bonds is 6. The maximum atomic E-state index is 13.7. The normalized spacial score (nSPS) is 22.6. The van der Waals surface area contributed by atoms with Crippen molar-refractivity contribution in [3.05, 3.63) is 96.1 Å². The van der Waals surface area contributed by atoms with Crippen LogP contribution in [0.4, 0.5) is 0 Å². The van der Waals surface area contributed by atoms with Crippen LogP contribution < -0.4 is 0 Å². The van der Waals surface area contributed by atoms with Gasteiger partial charge in [0.2, 0.25) is 0 Å². The first kappa shape index (κ1) is 21.0. The third kappa shape index (κ3) is 4.35. The fraction of sp³-hybridized carbons (Fsp3) is 0.345. The quantitative estimate of drug-likeness (QED) is 0.509. The first-order valence-corrected chi connectivity index (χ1v) is 11.9. The fourth-order valence-corrected chi connectivity index (χ4v) is 5.58. The van der Waals surface area contributed by atoms with E-state index in [1.54, 1.807) is 0 Å². The highest BCUT2D eigenvalue weighted by atomic mass is 16.2. The van der Waals surface area contributed by atoms with Gasteiger partial charge >= 0.3 is 0 Å². The minimum atomic E-state index is 0.175. The Labute approximate surface area is 191 Å². The van der Waals surface area contributed by atoms with E-state index in [1.165, 1.54) is 24.0 Å². The Kier molecular flexibility index (Phi) is 6.09. The Morgan fingerprint density at radius 1 is 0.812 bits per heavy atom. The largest absolute Gasteiger partial charge is 0.335 e. The van der Waals surface area contributed by atoms with Crippen LogP contribution in [0, 0.1) is 0 Å². The maximum absolute atomic E-state index is 13.7. The van der Waals surface area contributed by atoms with Gasteiger partial charge in [0.25, 0.3) is 5.91 Å². The highest BCUT2D eigenvalue weighted by Crippen LogP contribution is 2.37. The number of carbonyl (C=O) groups is 1. The summed E-state index contributed by atoms with van der Waals surface area (Å²) in [6.45, 7) is 0.775.